The van der Waals surface area contributed by atoms with E-state index in [0.29, 0.717) is 24.4 Å². The van der Waals surface area contributed by atoms with Crippen LogP contribution in [0.3, 0.4) is 0 Å². The summed E-state index contributed by atoms with van der Waals surface area (Å²) in [5.74, 6) is 0. The van der Waals surface area contributed by atoms with E-state index < -0.39 is 0 Å². The lowest BCUT2D eigenvalue weighted by Crippen LogP contribution is -2.42. The van der Waals surface area contributed by atoms with Gasteiger partial charge >= 0.3 is 0 Å². The molecule has 8 nitrogen and oxygen atoms in total. The minimum Gasteiger partial charge on any atom is -0.399 e. The number of anilines is 3. The third-order valence-corrected chi connectivity index (χ3v) is 6.73. The molecule has 4 fully saturated rings. The zero-order valence-electron chi connectivity index (χ0n) is 18.1. The summed E-state index contributed by atoms with van der Waals surface area (Å²) in [4.78, 5) is 15.0. The first-order valence-corrected chi connectivity index (χ1v) is 11.4. The Morgan fingerprint density at radius 1 is 0.781 bits per heavy atom. The van der Waals surface area contributed by atoms with Crippen LogP contribution in [0.4, 0.5) is 22.7 Å². The molecule has 4 aliphatic rings. The van der Waals surface area contributed by atoms with Crippen LogP contribution in [-0.2, 0) is 9.47 Å². The highest BCUT2D eigenvalue weighted by atomic mass is 16.6. The van der Waals surface area contributed by atoms with Crippen LogP contribution in [0.1, 0.15) is 25.7 Å². The molecular weight excluding hydrogens is 408 g/mol. The normalized spacial score (nSPS) is 28.2. The highest BCUT2D eigenvalue weighted by Crippen LogP contribution is 2.31. The fraction of sp³-hybridized carbons (Fsp3) is 0.500. The Bertz CT molecular complexity index is 947. The van der Waals surface area contributed by atoms with Gasteiger partial charge in [0, 0.05) is 55.4 Å². The molecule has 4 saturated heterocycles. The number of hydrogen-bond donors (Lipinski definition) is 1. The maximum absolute atomic E-state index is 10.7. The van der Waals surface area contributed by atoms with Gasteiger partial charge < -0.3 is 25.0 Å². The molecule has 170 valence electrons. The lowest BCUT2D eigenvalue weighted by molar-refractivity contribution is -0.384. The van der Waals surface area contributed by atoms with Crippen LogP contribution in [0.5, 0.6) is 0 Å². The average molecular weight is 439 g/mol. The number of rotatable bonds is 3. The highest BCUT2D eigenvalue weighted by molar-refractivity contribution is 5.56. The molecule has 2 aromatic rings. The van der Waals surface area contributed by atoms with Gasteiger partial charge in [0.2, 0.25) is 0 Å². The first-order valence-electron chi connectivity index (χ1n) is 11.4. The molecule has 2 N–H and O–H groups in total. The van der Waals surface area contributed by atoms with Crippen molar-refractivity contribution < 1.29 is 14.4 Å². The van der Waals surface area contributed by atoms with Gasteiger partial charge in [-0.1, -0.05) is 12.1 Å². The Morgan fingerprint density at radius 2 is 1.25 bits per heavy atom. The second kappa shape index (κ2) is 8.96. The van der Waals surface area contributed by atoms with E-state index in [1.807, 2.05) is 24.3 Å². The predicted molar refractivity (Wildman–Crippen MR) is 124 cm³/mol. The smallest absolute Gasteiger partial charge is 0.271 e. The number of nitrogens with zero attached hydrogens (tertiary/aromatic N) is 3. The zero-order valence-corrected chi connectivity index (χ0v) is 18.1. The molecule has 0 aliphatic carbocycles. The number of nitro benzene ring substituents is 1. The molecule has 6 rings (SSSR count). The van der Waals surface area contributed by atoms with Crippen molar-refractivity contribution in [1.82, 2.24) is 0 Å². The van der Waals surface area contributed by atoms with Crippen LogP contribution in [0.2, 0.25) is 0 Å². The number of morpholine rings is 2. The summed E-state index contributed by atoms with van der Waals surface area (Å²) < 4.78 is 11.6. The Hall–Kier alpha value is -2.84. The van der Waals surface area contributed by atoms with Gasteiger partial charge in [-0.2, -0.15) is 0 Å². The van der Waals surface area contributed by atoms with E-state index in [9.17, 15) is 10.1 Å². The second-order valence-electron chi connectivity index (χ2n) is 9.10. The average Bonchev–Trinajstić information content (AvgIpc) is 3.33. The van der Waals surface area contributed by atoms with Gasteiger partial charge in [0.25, 0.3) is 5.69 Å². The standard InChI is InChI=1S/C12H14N2O3.C12H16N2O/c15-14(16)10-3-1-2-9(6-10)13-7-11-4-5-12(8-13)17-11;13-9-2-1-3-10(6-9)14-7-11-4-5-12(8-14)15-11/h1-3,6,11-12H,4-5,7-8H2;1-3,6,11-12H,4-5,7-8,13H2/t2*11-,12+. The van der Waals surface area contributed by atoms with Crippen molar-refractivity contribution in [2.24, 2.45) is 0 Å². The first kappa shape index (κ1) is 21.0. The SMILES string of the molecule is Nc1cccc(N2C[C@H]3CC[C@@H](C2)O3)c1.O=[N+]([O-])c1cccc(N2C[C@H]3CC[C@@H](C2)O3)c1. The summed E-state index contributed by atoms with van der Waals surface area (Å²) >= 11 is 0. The van der Waals surface area contributed by atoms with Crippen molar-refractivity contribution in [2.75, 3.05) is 41.7 Å². The molecule has 0 spiro atoms. The van der Waals surface area contributed by atoms with E-state index in [1.165, 1.54) is 24.6 Å². The van der Waals surface area contributed by atoms with Gasteiger partial charge in [0.15, 0.2) is 0 Å². The maximum Gasteiger partial charge on any atom is 0.271 e. The van der Waals surface area contributed by atoms with Gasteiger partial charge in [0.1, 0.15) is 0 Å². The zero-order chi connectivity index (χ0) is 22.1. The van der Waals surface area contributed by atoms with Crippen molar-refractivity contribution >= 4 is 22.7 Å². The van der Waals surface area contributed by atoms with Crippen molar-refractivity contribution in [2.45, 2.75) is 50.1 Å². The van der Waals surface area contributed by atoms with Gasteiger partial charge in [0.05, 0.1) is 29.3 Å². The number of fused-ring (bicyclic) bond motifs is 4. The molecule has 0 radical (unpaired) electrons. The van der Waals surface area contributed by atoms with Crippen LogP contribution in [-0.4, -0.2) is 55.5 Å². The Labute approximate surface area is 188 Å². The fourth-order valence-corrected chi connectivity index (χ4v) is 5.18. The van der Waals surface area contributed by atoms with Gasteiger partial charge in [-0.3, -0.25) is 10.1 Å². The number of benzene rings is 2. The van der Waals surface area contributed by atoms with Crippen LogP contribution < -0.4 is 15.5 Å². The number of nitrogen functional groups attached to an aromatic ring is 1. The minimum atomic E-state index is -0.349. The highest BCUT2D eigenvalue weighted by Gasteiger charge is 2.34. The summed E-state index contributed by atoms with van der Waals surface area (Å²) in [5.41, 5.74) is 8.95. The molecule has 4 aliphatic heterocycles. The number of ether oxygens (including phenoxy) is 2. The predicted octanol–water partition coefficient (Wildman–Crippen LogP) is 3.60. The maximum atomic E-state index is 10.7. The first-order chi connectivity index (χ1) is 15.5. The molecule has 0 amide bonds. The number of non-ortho nitro benzene ring substituents is 1. The summed E-state index contributed by atoms with van der Waals surface area (Å²) in [6, 6.07) is 15.0. The van der Waals surface area contributed by atoms with Crippen LogP contribution >= 0.6 is 0 Å². The van der Waals surface area contributed by atoms with E-state index in [2.05, 4.69) is 15.9 Å². The van der Waals surface area contributed by atoms with Gasteiger partial charge in [-0.05, 0) is 49.9 Å². The molecule has 0 unspecified atom stereocenters. The van der Waals surface area contributed by atoms with E-state index in [-0.39, 0.29) is 10.6 Å². The van der Waals surface area contributed by atoms with Crippen molar-refractivity contribution in [1.29, 1.82) is 0 Å². The van der Waals surface area contributed by atoms with Crippen LogP contribution in [0.25, 0.3) is 0 Å². The molecule has 4 atom stereocenters. The van der Waals surface area contributed by atoms with Crippen molar-refractivity contribution in [3.05, 3.63) is 58.6 Å². The molecule has 8 heteroatoms. The molecular formula is C24H30N4O4. The quantitative estimate of drug-likeness (QED) is 0.444. The third-order valence-electron chi connectivity index (χ3n) is 6.73. The van der Waals surface area contributed by atoms with E-state index >= 15 is 0 Å². The Balaban J connectivity index is 0.000000136. The van der Waals surface area contributed by atoms with Crippen molar-refractivity contribution in [3.8, 4) is 0 Å². The number of nitrogens with two attached hydrogens (primary N) is 1. The van der Waals surface area contributed by atoms with Crippen LogP contribution in [0, 0.1) is 10.1 Å². The molecule has 2 aromatic carbocycles. The van der Waals surface area contributed by atoms with E-state index in [4.69, 9.17) is 15.2 Å². The Morgan fingerprint density at radius 3 is 1.72 bits per heavy atom. The molecule has 4 bridgehead atoms. The lowest BCUT2D eigenvalue weighted by Gasteiger charge is -2.33. The van der Waals surface area contributed by atoms with Crippen molar-refractivity contribution in [3.63, 3.8) is 0 Å². The monoisotopic (exact) mass is 438 g/mol. The summed E-state index contributed by atoms with van der Waals surface area (Å²) in [6.45, 7) is 3.72. The van der Waals surface area contributed by atoms with Gasteiger partial charge in [-0.15, -0.1) is 0 Å². The second-order valence-corrected chi connectivity index (χ2v) is 9.10. The molecule has 0 aromatic heterocycles. The fourth-order valence-electron chi connectivity index (χ4n) is 5.18. The molecule has 0 saturated carbocycles. The summed E-state index contributed by atoms with van der Waals surface area (Å²) in [5, 5.41) is 10.7. The number of hydrogen-bond acceptors (Lipinski definition) is 7. The third kappa shape index (κ3) is 4.66. The Kier molecular flexibility index (Phi) is 5.89. The molecule has 4 heterocycles. The van der Waals surface area contributed by atoms with E-state index in [1.54, 1.807) is 12.1 Å². The topological polar surface area (TPSA) is 94.1 Å². The largest absolute Gasteiger partial charge is 0.399 e. The van der Waals surface area contributed by atoms with E-state index in [0.717, 1.165) is 50.4 Å². The minimum absolute atomic E-state index is 0.154. The number of nitro groups is 1. The molecule has 32 heavy (non-hydrogen) atoms. The lowest BCUT2D eigenvalue weighted by atomic mass is 10.2. The summed E-state index contributed by atoms with van der Waals surface area (Å²) in [7, 11) is 0. The summed E-state index contributed by atoms with van der Waals surface area (Å²) in [6.07, 6.45) is 6.11. The van der Waals surface area contributed by atoms with Gasteiger partial charge in [-0.25, -0.2) is 0 Å². The van der Waals surface area contributed by atoms with Crippen LogP contribution in [0.15, 0.2) is 48.5 Å².